The molecule has 3 aliphatic heterocycles. The third kappa shape index (κ3) is 4.64. The number of carbonyl (C=O) groups excluding carboxylic acids is 3. The lowest BCUT2D eigenvalue weighted by Crippen LogP contribution is -2.50. The lowest BCUT2D eigenvalue weighted by molar-refractivity contribution is -0.145. The molecule has 1 atom stereocenters. The van der Waals surface area contributed by atoms with E-state index in [1.807, 2.05) is 32.2 Å². The molecule has 3 aliphatic rings. The summed E-state index contributed by atoms with van der Waals surface area (Å²) in [5, 5.41) is 1.90. The summed E-state index contributed by atoms with van der Waals surface area (Å²) >= 11 is 1.45. The van der Waals surface area contributed by atoms with Crippen molar-refractivity contribution < 1.29 is 19.1 Å². The molecule has 4 heterocycles. The van der Waals surface area contributed by atoms with Gasteiger partial charge in [-0.15, -0.1) is 11.3 Å². The molecule has 1 aromatic heterocycles. The van der Waals surface area contributed by atoms with Crippen molar-refractivity contribution in [2.75, 3.05) is 52.5 Å². The van der Waals surface area contributed by atoms with E-state index >= 15 is 0 Å². The van der Waals surface area contributed by atoms with Gasteiger partial charge in [-0.25, -0.2) is 0 Å². The number of nitrogens with zero attached hydrogens (tertiary/aromatic N) is 3. The molecular weight excluding hydrogens is 390 g/mol. The summed E-state index contributed by atoms with van der Waals surface area (Å²) in [6.45, 7) is 5.07. The average Bonchev–Trinajstić information content (AvgIpc) is 3.33. The molecule has 0 aromatic carbocycles. The van der Waals surface area contributed by atoms with E-state index < -0.39 is 0 Å². The van der Waals surface area contributed by atoms with Gasteiger partial charge >= 0.3 is 0 Å². The van der Waals surface area contributed by atoms with Gasteiger partial charge in [-0.3, -0.25) is 14.4 Å². The number of ether oxygens (including phenoxy) is 1. The van der Waals surface area contributed by atoms with Gasteiger partial charge in [0.05, 0.1) is 24.0 Å². The summed E-state index contributed by atoms with van der Waals surface area (Å²) < 4.78 is 5.33. The highest BCUT2D eigenvalue weighted by Gasteiger charge is 2.35. The van der Waals surface area contributed by atoms with E-state index in [2.05, 4.69) is 0 Å². The molecule has 0 bridgehead atoms. The van der Waals surface area contributed by atoms with Crippen molar-refractivity contribution in [3.05, 3.63) is 22.4 Å². The third-order valence-electron chi connectivity index (χ3n) is 6.27. The first-order chi connectivity index (χ1) is 14.1. The predicted molar refractivity (Wildman–Crippen MR) is 110 cm³/mol. The number of piperidine rings is 2. The molecule has 3 saturated heterocycles. The molecule has 4 rings (SSSR count). The Morgan fingerprint density at radius 3 is 2.24 bits per heavy atom. The fourth-order valence-electron chi connectivity index (χ4n) is 4.57. The highest BCUT2D eigenvalue weighted by molar-refractivity contribution is 7.12. The highest BCUT2D eigenvalue weighted by Crippen LogP contribution is 2.26. The number of amides is 3. The van der Waals surface area contributed by atoms with Crippen molar-refractivity contribution in [1.29, 1.82) is 0 Å². The van der Waals surface area contributed by atoms with E-state index in [4.69, 9.17) is 4.74 Å². The number of carbonyl (C=O) groups is 3. The van der Waals surface area contributed by atoms with Crippen LogP contribution in [0.5, 0.6) is 0 Å². The number of rotatable bonds is 3. The molecule has 1 aromatic rings. The van der Waals surface area contributed by atoms with Crippen molar-refractivity contribution in [3.8, 4) is 0 Å². The average molecular weight is 420 g/mol. The van der Waals surface area contributed by atoms with Crippen LogP contribution in [0.2, 0.25) is 0 Å². The molecule has 0 saturated carbocycles. The number of hydrogen-bond acceptors (Lipinski definition) is 5. The van der Waals surface area contributed by atoms with Crippen LogP contribution < -0.4 is 0 Å². The molecule has 7 nitrogen and oxygen atoms in total. The van der Waals surface area contributed by atoms with Crippen LogP contribution in [0.3, 0.4) is 0 Å². The minimum atomic E-state index is -0.126. The molecular formula is C21H29N3O4S. The zero-order chi connectivity index (χ0) is 20.2. The lowest BCUT2D eigenvalue weighted by atomic mass is 9.92. The quantitative estimate of drug-likeness (QED) is 0.748. The molecule has 8 heteroatoms. The minimum Gasteiger partial charge on any atom is -0.378 e. The van der Waals surface area contributed by atoms with E-state index in [0.717, 1.165) is 37.1 Å². The van der Waals surface area contributed by atoms with Gasteiger partial charge in [0.15, 0.2) is 0 Å². The Morgan fingerprint density at radius 1 is 0.862 bits per heavy atom. The van der Waals surface area contributed by atoms with Gasteiger partial charge in [-0.05, 0) is 37.1 Å². The van der Waals surface area contributed by atoms with Crippen LogP contribution in [0, 0.1) is 11.8 Å². The van der Waals surface area contributed by atoms with Gasteiger partial charge in [-0.1, -0.05) is 6.07 Å². The number of morpholine rings is 1. The maximum Gasteiger partial charge on any atom is 0.263 e. The summed E-state index contributed by atoms with van der Waals surface area (Å²) in [5.74, 6) is 0.281. The van der Waals surface area contributed by atoms with E-state index in [1.54, 1.807) is 0 Å². The van der Waals surface area contributed by atoms with Crippen molar-refractivity contribution >= 4 is 29.1 Å². The van der Waals surface area contributed by atoms with Crippen LogP contribution >= 0.6 is 11.3 Å². The van der Waals surface area contributed by atoms with Crippen molar-refractivity contribution in [3.63, 3.8) is 0 Å². The van der Waals surface area contributed by atoms with E-state index in [1.165, 1.54) is 11.3 Å². The fraction of sp³-hybridized carbons (Fsp3) is 0.667. The van der Waals surface area contributed by atoms with Crippen LogP contribution in [0.1, 0.15) is 35.4 Å². The summed E-state index contributed by atoms with van der Waals surface area (Å²) in [7, 11) is 0. The fourth-order valence-corrected chi connectivity index (χ4v) is 5.26. The Bertz CT molecular complexity index is 724. The van der Waals surface area contributed by atoms with E-state index in [9.17, 15) is 14.4 Å². The highest BCUT2D eigenvalue weighted by atomic mass is 32.1. The summed E-state index contributed by atoms with van der Waals surface area (Å²) in [6.07, 6.45) is 3.15. The molecule has 1 unspecified atom stereocenters. The molecule has 158 valence electrons. The molecule has 3 amide bonds. The molecule has 0 spiro atoms. The Balaban J connectivity index is 1.29. The smallest absolute Gasteiger partial charge is 0.263 e. The first-order valence-corrected chi connectivity index (χ1v) is 11.5. The Hall–Kier alpha value is -1.93. The maximum atomic E-state index is 13.1. The normalized spacial score (nSPS) is 23.9. The maximum absolute atomic E-state index is 13.1. The van der Waals surface area contributed by atoms with E-state index in [-0.39, 0.29) is 29.6 Å². The van der Waals surface area contributed by atoms with Gasteiger partial charge in [-0.2, -0.15) is 0 Å². The number of thiophene rings is 1. The number of hydrogen-bond donors (Lipinski definition) is 0. The van der Waals surface area contributed by atoms with Gasteiger partial charge in [0.2, 0.25) is 11.8 Å². The molecule has 0 radical (unpaired) electrons. The Morgan fingerprint density at radius 2 is 1.55 bits per heavy atom. The standard InChI is InChI=1S/C21H29N3O4S/c25-19(23-10-12-28-13-11-23)16-5-8-22(9-6-16)20(26)17-3-1-7-24(15-17)21(27)18-4-2-14-29-18/h2,4,14,16-17H,1,3,5-13,15H2. The topological polar surface area (TPSA) is 70.2 Å². The SMILES string of the molecule is O=C(c1cccs1)N1CCCC(C(=O)N2CCC(C(=O)N3CCOCC3)CC2)C1. The van der Waals surface area contributed by atoms with Crippen molar-refractivity contribution in [2.45, 2.75) is 25.7 Å². The molecule has 29 heavy (non-hydrogen) atoms. The second kappa shape index (κ2) is 9.26. The van der Waals surface area contributed by atoms with Crippen LogP contribution in [-0.2, 0) is 14.3 Å². The monoisotopic (exact) mass is 419 g/mol. The minimum absolute atomic E-state index is 0.0143. The summed E-state index contributed by atoms with van der Waals surface area (Å²) in [5.41, 5.74) is 0. The first kappa shape index (κ1) is 20.3. The van der Waals surface area contributed by atoms with Crippen LogP contribution in [0.15, 0.2) is 17.5 Å². The number of likely N-dealkylation sites (tertiary alicyclic amines) is 2. The second-order valence-electron chi connectivity index (χ2n) is 8.10. The van der Waals surface area contributed by atoms with Gasteiger partial charge in [0, 0.05) is 45.2 Å². The Labute approximate surface area is 175 Å². The van der Waals surface area contributed by atoms with E-state index in [0.29, 0.717) is 45.9 Å². The molecule has 3 fully saturated rings. The summed E-state index contributed by atoms with van der Waals surface area (Å²) in [4.78, 5) is 44.8. The lowest BCUT2D eigenvalue weighted by Gasteiger charge is -2.38. The molecule has 0 aliphatic carbocycles. The third-order valence-corrected chi connectivity index (χ3v) is 7.13. The van der Waals surface area contributed by atoms with Crippen LogP contribution in [0.25, 0.3) is 0 Å². The Kier molecular flexibility index (Phi) is 6.50. The van der Waals surface area contributed by atoms with Crippen LogP contribution in [-0.4, -0.2) is 84.9 Å². The molecule has 0 N–H and O–H groups in total. The first-order valence-electron chi connectivity index (χ1n) is 10.6. The van der Waals surface area contributed by atoms with Crippen molar-refractivity contribution in [2.24, 2.45) is 11.8 Å². The van der Waals surface area contributed by atoms with Gasteiger partial charge in [0.25, 0.3) is 5.91 Å². The largest absolute Gasteiger partial charge is 0.378 e. The second-order valence-corrected chi connectivity index (χ2v) is 9.05. The van der Waals surface area contributed by atoms with Crippen LogP contribution in [0.4, 0.5) is 0 Å². The van der Waals surface area contributed by atoms with Crippen molar-refractivity contribution in [1.82, 2.24) is 14.7 Å². The summed E-state index contributed by atoms with van der Waals surface area (Å²) in [6, 6.07) is 3.72. The zero-order valence-electron chi connectivity index (χ0n) is 16.8. The predicted octanol–water partition coefficient (Wildman–Crippen LogP) is 1.70. The van der Waals surface area contributed by atoms with Gasteiger partial charge in [0.1, 0.15) is 0 Å². The zero-order valence-corrected chi connectivity index (χ0v) is 17.6. The van der Waals surface area contributed by atoms with Gasteiger partial charge < -0.3 is 19.4 Å².